The summed E-state index contributed by atoms with van der Waals surface area (Å²) in [5.74, 6) is 0.646. The molecule has 22 heavy (non-hydrogen) atoms. The fourth-order valence-corrected chi connectivity index (χ4v) is 3.92. The van der Waals surface area contributed by atoms with Crippen LogP contribution in [-0.2, 0) is 7.05 Å². The molecule has 5 heteroatoms. The predicted octanol–water partition coefficient (Wildman–Crippen LogP) is 2.29. The first-order valence-corrected chi connectivity index (χ1v) is 8.69. The average Bonchev–Trinajstić information content (AvgIpc) is 2.97. The molecule has 2 heterocycles. The molecule has 1 N–H and O–H groups in total. The lowest BCUT2D eigenvalue weighted by atomic mass is 9.85. The molecule has 1 aromatic heterocycles. The van der Waals surface area contributed by atoms with E-state index in [-0.39, 0.29) is 5.91 Å². The number of rotatable bonds is 3. The molecule has 0 spiro atoms. The number of aromatic nitrogens is 2. The van der Waals surface area contributed by atoms with E-state index in [1.807, 2.05) is 29.9 Å². The van der Waals surface area contributed by atoms with Crippen molar-refractivity contribution in [2.75, 3.05) is 20.1 Å². The molecule has 0 bridgehead atoms. The Labute approximate surface area is 133 Å². The van der Waals surface area contributed by atoms with Crippen molar-refractivity contribution in [2.24, 2.45) is 7.05 Å². The molecule has 2 fully saturated rings. The number of nitrogens with zero attached hydrogens (tertiary/aromatic N) is 3. The van der Waals surface area contributed by atoms with Gasteiger partial charge in [-0.15, -0.1) is 0 Å². The summed E-state index contributed by atoms with van der Waals surface area (Å²) < 4.78 is 1.82. The molecule has 5 nitrogen and oxygen atoms in total. The van der Waals surface area contributed by atoms with Crippen LogP contribution >= 0.6 is 0 Å². The molecule has 1 aliphatic heterocycles. The van der Waals surface area contributed by atoms with Crippen LogP contribution in [0.2, 0.25) is 0 Å². The maximum Gasteiger partial charge on any atom is 0.257 e. The zero-order chi connectivity index (χ0) is 15.5. The summed E-state index contributed by atoms with van der Waals surface area (Å²) in [6, 6.07) is 0.424. The monoisotopic (exact) mass is 304 g/mol. The lowest BCUT2D eigenvalue weighted by Crippen LogP contribution is -2.47. The molecule has 1 aromatic rings. The minimum absolute atomic E-state index is 0.175. The van der Waals surface area contributed by atoms with E-state index in [0.717, 1.165) is 37.2 Å². The second-order valence-corrected chi connectivity index (χ2v) is 6.82. The van der Waals surface area contributed by atoms with E-state index in [2.05, 4.69) is 10.4 Å². The zero-order valence-corrected chi connectivity index (χ0v) is 13.8. The topological polar surface area (TPSA) is 50.2 Å². The van der Waals surface area contributed by atoms with Crippen LogP contribution < -0.4 is 5.32 Å². The van der Waals surface area contributed by atoms with E-state index in [4.69, 9.17) is 0 Å². The highest BCUT2D eigenvalue weighted by Gasteiger charge is 2.29. The van der Waals surface area contributed by atoms with Crippen LogP contribution in [0.5, 0.6) is 0 Å². The van der Waals surface area contributed by atoms with Crippen molar-refractivity contribution in [3.05, 3.63) is 17.5 Å². The number of carbonyl (C=O) groups excluding carboxylic acids is 1. The summed E-state index contributed by atoms with van der Waals surface area (Å²) >= 11 is 0. The summed E-state index contributed by atoms with van der Waals surface area (Å²) in [5, 5.41) is 7.95. The van der Waals surface area contributed by atoms with Crippen LogP contribution in [0.3, 0.4) is 0 Å². The maximum atomic E-state index is 13.0. The third-order valence-electron chi connectivity index (χ3n) is 5.20. The summed E-state index contributed by atoms with van der Waals surface area (Å²) in [6.45, 7) is 1.68. The van der Waals surface area contributed by atoms with Crippen molar-refractivity contribution in [1.29, 1.82) is 0 Å². The van der Waals surface area contributed by atoms with Gasteiger partial charge in [-0.25, -0.2) is 0 Å². The summed E-state index contributed by atoms with van der Waals surface area (Å²) in [5.41, 5.74) is 1.88. The molecular weight excluding hydrogens is 276 g/mol. The average molecular weight is 304 g/mol. The normalized spacial score (nSPS) is 23.7. The van der Waals surface area contributed by atoms with Gasteiger partial charge >= 0.3 is 0 Å². The van der Waals surface area contributed by atoms with Crippen molar-refractivity contribution in [3.8, 4) is 0 Å². The molecule has 1 aliphatic carbocycles. The number of amides is 1. The van der Waals surface area contributed by atoms with Crippen LogP contribution in [-0.4, -0.2) is 46.8 Å². The highest BCUT2D eigenvalue weighted by molar-refractivity contribution is 5.95. The van der Waals surface area contributed by atoms with Crippen LogP contribution in [0.25, 0.3) is 0 Å². The first-order valence-electron chi connectivity index (χ1n) is 8.69. The number of nitrogens with one attached hydrogen (secondary N) is 1. The second-order valence-electron chi connectivity index (χ2n) is 6.82. The Kier molecular flexibility index (Phi) is 4.81. The third kappa shape index (κ3) is 3.19. The van der Waals surface area contributed by atoms with E-state index in [0.29, 0.717) is 12.0 Å². The Morgan fingerprint density at radius 2 is 2.00 bits per heavy atom. The minimum Gasteiger partial charge on any atom is -0.337 e. The van der Waals surface area contributed by atoms with Gasteiger partial charge in [-0.2, -0.15) is 5.10 Å². The SMILES string of the molecule is CNC1CCCN(C(=O)c2cn(C)nc2C2CCCCC2)C1. The molecule has 0 aromatic carbocycles. The largest absolute Gasteiger partial charge is 0.337 e. The van der Waals surface area contributed by atoms with Gasteiger partial charge in [-0.05, 0) is 32.7 Å². The highest BCUT2D eigenvalue weighted by Crippen LogP contribution is 2.34. The smallest absolute Gasteiger partial charge is 0.257 e. The number of likely N-dealkylation sites (N-methyl/N-ethyl adjacent to an activating group) is 1. The molecular formula is C17H28N4O. The van der Waals surface area contributed by atoms with Crippen molar-refractivity contribution in [2.45, 2.75) is 56.9 Å². The Morgan fingerprint density at radius 1 is 1.23 bits per heavy atom. The highest BCUT2D eigenvalue weighted by atomic mass is 16.2. The molecule has 1 unspecified atom stereocenters. The van der Waals surface area contributed by atoms with Gasteiger partial charge in [0.2, 0.25) is 0 Å². The van der Waals surface area contributed by atoms with Crippen LogP contribution in [0.15, 0.2) is 6.20 Å². The van der Waals surface area contributed by atoms with Crippen molar-refractivity contribution in [3.63, 3.8) is 0 Å². The Hall–Kier alpha value is -1.36. The van der Waals surface area contributed by atoms with Gasteiger partial charge in [0.15, 0.2) is 0 Å². The van der Waals surface area contributed by atoms with Gasteiger partial charge in [-0.3, -0.25) is 9.48 Å². The molecule has 1 atom stereocenters. The Balaban J connectivity index is 1.79. The minimum atomic E-state index is 0.175. The Bertz CT molecular complexity index is 519. The molecule has 122 valence electrons. The van der Waals surface area contributed by atoms with Crippen molar-refractivity contribution >= 4 is 5.91 Å². The van der Waals surface area contributed by atoms with Crippen LogP contribution in [0.4, 0.5) is 0 Å². The van der Waals surface area contributed by atoms with Crippen molar-refractivity contribution in [1.82, 2.24) is 20.0 Å². The quantitative estimate of drug-likeness (QED) is 0.932. The fourth-order valence-electron chi connectivity index (χ4n) is 3.92. The first kappa shape index (κ1) is 15.5. The van der Waals surface area contributed by atoms with Crippen LogP contribution in [0, 0.1) is 0 Å². The van der Waals surface area contributed by atoms with Gasteiger partial charge in [0, 0.05) is 38.3 Å². The van der Waals surface area contributed by atoms with E-state index in [9.17, 15) is 4.79 Å². The van der Waals surface area contributed by atoms with Crippen molar-refractivity contribution < 1.29 is 4.79 Å². The van der Waals surface area contributed by atoms with Gasteiger partial charge < -0.3 is 10.2 Å². The number of carbonyl (C=O) groups is 1. The second kappa shape index (κ2) is 6.82. The molecule has 1 saturated carbocycles. The Morgan fingerprint density at radius 3 is 2.73 bits per heavy atom. The van der Waals surface area contributed by atoms with Gasteiger partial charge in [0.1, 0.15) is 0 Å². The molecule has 0 radical (unpaired) electrons. The molecule has 1 amide bonds. The van der Waals surface area contributed by atoms with Gasteiger partial charge in [0.25, 0.3) is 5.91 Å². The van der Waals surface area contributed by atoms with Gasteiger partial charge in [-0.1, -0.05) is 19.3 Å². The number of aryl methyl sites for hydroxylation is 1. The lowest BCUT2D eigenvalue weighted by Gasteiger charge is -2.33. The van der Waals surface area contributed by atoms with E-state index in [1.54, 1.807) is 0 Å². The summed E-state index contributed by atoms with van der Waals surface area (Å²) in [7, 11) is 3.91. The molecule has 1 saturated heterocycles. The van der Waals surface area contributed by atoms with E-state index < -0.39 is 0 Å². The number of hydrogen-bond acceptors (Lipinski definition) is 3. The predicted molar refractivity (Wildman–Crippen MR) is 87.0 cm³/mol. The third-order valence-corrected chi connectivity index (χ3v) is 5.20. The fraction of sp³-hybridized carbons (Fsp3) is 0.765. The molecule has 2 aliphatic rings. The molecule has 3 rings (SSSR count). The maximum absolute atomic E-state index is 13.0. The number of hydrogen-bond donors (Lipinski definition) is 1. The number of piperidine rings is 1. The van der Waals surface area contributed by atoms with E-state index in [1.165, 1.54) is 32.1 Å². The standard InChI is InChI=1S/C17H28N4O/c1-18-14-9-6-10-21(11-14)17(22)15-12-20(2)19-16(15)13-7-4-3-5-8-13/h12-14,18H,3-11H2,1-2H3. The van der Waals surface area contributed by atoms with E-state index >= 15 is 0 Å². The first-order chi connectivity index (χ1) is 10.7. The summed E-state index contributed by atoms with van der Waals surface area (Å²) in [4.78, 5) is 15.0. The number of likely N-dealkylation sites (tertiary alicyclic amines) is 1. The zero-order valence-electron chi connectivity index (χ0n) is 13.8. The van der Waals surface area contributed by atoms with Crippen LogP contribution in [0.1, 0.15) is 66.9 Å². The lowest BCUT2D eigenvalue weighted by molar-refractivity contribution is 0.0696. The summed E-state index contributed by atoms with van der Waals surface area (Å²) in [6.07, 6.45) is 10.4. The van der Waals surface area contributed by atoms with Gasteiger partial charge in [0.05, 0.1) is 11.3 Å².